The summed E-state index contributed by atoms with van der Waals surface area (Å²) < 4.78 is 7.61. The van der Waals surface area contributed by atoms with Gasteiger partial charge in [-0.15, -0.1) is 10.2 Å². The van der Waals surface area contributed by atoms with Gasteiger partial charge in [-0.2, -0.15) is 0 Å². The van der Waals surface area contributed by atoms with Crippen LogP contribution < -0.4 is 0 Å². The maximum absolute atomic E-state index is 12.7. The number of nitrogens with zero attached hydrogens (tertiary/aromatic N) is 4. The second kappa shape index (κ2) is 6.79. The van der Waals surface area contributed by atoms with Gasteiger partial charge in [-0.05, 0) is 37.8 Å². The van der Waals surface area contributed by atoms with Crippen molar-refractivity contribution in [3.05, 3.63) is 35.8 Å². The molecule has 2 aromatic heterocycles. The van der Waals surface area contributed by atoms with Crippen LogP contribution in [0.15, 0.2) is 22.8 Å². The van der Waals surface area contributed by atoms with Crippen molar-refractivity contribution in [1.82, 2.24) is 19.7 Å². The zero-order valence-corrected chi connectivity index (χ0v) is 14.0. The molecule has 0 aliphatic carbocycles. The lowest BCUT2D eigenvalue weighted by molar-refractivity contribution is -0.132. The third kappa shape index (κ3) is 2.97. The molecule has 1 saturated heterocycles. The van der Waals surface area contributed by atoms with Crippen molar-refractivity contribution >= 4 is 5.91 Å². The number of likely N-dealkylation sites (tertiary alicyclic amines) is 1. The fourth-order valence-corrected chi connectivity index (χ4v) is 3.92. The molecule has 0 N–H and O–H groups in total. The van der Waals surface area contributed by atoms with Crippen LogP contribution in [-0.2, 0) is 24.2 Å². The quantitative estimate of drug-likeness (QED) is 0.865. The van der Waals surface area contributed by atoms with Gasteiger partial charge < -0.3 is 13.9 Å². The van der Waals surface area contributed by atoms with Gasteiger partial charge in [0, 0.05) is 32.4 Å². The summed E-state index contributed by atoms with van der Waals surface area (Å²) in [6.07, 6.45) is 9.46. The first-order valence-corrected chi connectivity index (χ1v) is 9.07. The van der Waals surface area contributed by atoms with Gasteiger partial charge in [-0.3, -0.25) is 4.79 Å². The molecule has 0 saturated carbocycles. The van der Waals surface area contributed by atoms with E-state index in [0.717, 1.165) is 49.8 Å². The van der Waals surface area contributed by atoms with Crippen LogP contribution in [-0.4, -0.2) is 32.1 Å². The predicted molar refractivity (Wildman–Crippen MR) is 88.3 cm³/mol. The Morgan fingerprint density at radius 1 is 1.21 bits per heavy atom. The van der Waals surface area contributed by atoms with Gasteiger partial charge in [0.15, 0.2) is 5.82 Å². The van der Waals surface area contributed by atoms with Gasteiger partial charge >= 0.3 is 0 Å². The maximum atomic E-state index is 12.7. The summed E-state index contributed by atoms with van der Waals surface area (Å²) in [6, 6.07) is 3.88. The Morgan fingerprint density at radius 2 is 2.17 bits per heavy atom. The number of carbonyl (C=O) groups is 1. The van der Waals surface area contributed by atoms with Crippen molar-refractivity contribution in [2.45, 2.75) is 64.0 Å². The molecule has 2 aromatic rings. The zero-order chi connectivity index (χ0) is 16.4. The Balaban J connectivity index is 1.48. The molecule has 6 heteroatoms. The lowest BCUT2D eigenvalue weighted by Gasteiger charge is -2.24. The number of aryl methyl sites for hydroxylation is 2. The van der Waals surface area contributed by atoms with Gasteiger partial charge in [-0.25, -0.2) is 0 Å². The predicted octanol–water partition coefficient (Wildman–Crippen LogP) is 2.89. The van der Waals surface area contributed by atoms with Crippen LogP contribution >= 0.6 is 0 Å². The Bertz CT molecular complexity index is 692. The third-order valence-electron chi connectivity index (χ3n) is 5.17. The summed E-state index contributed by atoms with van der Waals surface area (Å²) in [5.41, 5.74) is 0. The minimum Gasteiger partial charge on any atom is -0.469 e. The number of rotatable bonds is 4. The van der Waals surface area contributed by atoms with Crippen LogP contribution in [0, 0.1) is 0 Å². The highest BCUT2D eigenvalue weighted by molar-refractivity contribution is 5.77. The fourth-order valence-electron chi connectivity index (χ4n) is 3.92. The average Bonchev–Trinajstić information content (AvgIpc) is 3.31. The molecule has 4 rings (SSSR count). The molecule has 1 atom stereocenters. The van der Waals surface area contributed by atoms with E-state index in [4.69, 9.17) is 4.42 Å². The number of amides is 1. The van der Waals surface area contributed by atoms with Crippen molar-refractivity contribution in [2.24, 2.45) is 0 Å². The molecule has 0 unspecified atom stereocenters. The molecule has 0 radical (unpaired) electrons. The largest absolute Gasteiger partial charge is 0.469 e. The Morgan fingerprint density at radius 3 is 3.04 bits per heavy atom. The second-order valence-electron chi connectivity index (χ2n) is 6.76. The number of hydrogen-bond acceptors (Lipinski definition) is 4. The standard InChI is InChI=1S/C18H24N4O2/c23-17(10-9-14-6-5-13-24-14)21-12-4-7-15(21)18-20-19-16-8-2-1-3-11-22(16)18/h5-6,13,15H,1-4,7-12H2/t15-/m0/s1. The van der Waals surface area contributed by atoms with Gasteiger partial charge in [0.1, 0.15) is 11.6 Å². The van der Waals surface area contributed by atoms with E-state index in [9.17, 15) is 4.79 Å². The molecule has 0 bridgehead atoms. The molecule has 6 nitrogen and oxygen atoms in total. The minimum atomic E-state index is 0.0912. The lowest BCUT2D eigenvalue weighted by atomic mass is 10.1. The monoisotopic (exact) mass is 328 g/mol. The summed E-state index contributed by atoms with van der Waals surface area (Å²) >= 11 is 0. The molecule has 1 amide bonds. The van der Waals surface area contributed by atoms with E-state index in [1.807, 2.05) is 17.0 Å². The first kappa shape index (κ1) is 15.4. The summed E-state index contributed by atoms with van der Waals surface area (Å²) in [5, 5.41) is 8.87. The second-order valence-corrected chi connectivity index (χ2v) is 6.76. The van der Waals surface area contributed by atoms with E-state index in [1.165, 1.54) is 19.3 Å². The van der Waals surface area contributed by atoms with E-state index in [0.29, 0.717) is 12.8 Å². The Hall–Kier alpha value is -2.11. The molecule has 0 spiro atoms. The third-order valence-corrected chi connectivity index (χ3v) is 5.17. The Labute approximate surface area is 141 Å². The van der Waals surface area contributed by atoms with Gasteiger partial charge in [0.2, 0.25) is 5.91 Å². The molecular weight excluding hydrogens is 304 g/mol. The van der Waals surface area contributed by atoms with Crippen LogP contribution in [0.4, 0.5) is 0 Å². The molecular formula is C18H24N4O2. The minimum absolute atomic E-state index is 0.0912. The van der Waals surface area contributed by atoms with Crippen molar-refractivity contribution in [2.75, 3.05) is 6.54 Å². The highest BCUT2D eigenvalue weighted by Gasteiger charge is 2.34. The summed E-state index contributed by atoms with van der Waals surface area (Å²) in [4.78, 5) is 14.7. The van der Waals surface area contributed by atoms with Crippen molar-refractivity contribution in [1.29, 1.82) is 0 Å². The molecule has 2 aliphatic heterocycles. The number of aromatic nitrogens is 3. The van der Waals surface area contributed by atoms with E-state index in [1.54, 1.807) is 6.26 Å². The topological polar surface area (TPSA) is 64.2 Å². The smallest absolute Gasteiger partial charge is 0.223 e. The molecule has 128 valence electrons. The summed E-state index contributed by atoms with van der Waals surface area (Å²) in [7, 11) is 0. The van der Waals surface area contributed by atoms with Crippen LogP contribution in [0.25, 0.3) is 0 Å². The normalized spacial score (nSPS) is 20.8. The van der Waals surface area contributed by atoms with Crippen molar-refractivity contribution < 1.29 is 9.21 Å². The molecule has 4 heterocycles. The SMILES string of the molecule is O=C(CCc1ccco1)N1CCC[C@H]1c1nnc2n1CCCCC2. The molecule has 24 heavy (non-hydrogen) atoms. The van der Waals surface area contributed by atoms with Crippen molar-refractivity contribution in [3.8, 4) is 0 Å². The molecule has 1 fully saturated rings. The van der Waals surface area contributed by atoms with Crippen LogP contribution in [0.2, 0.25) is 0 Å². The van der Waals surface area contributed by atoms with Crippen LogP contribution in [0.1, 0.15) is 62.0 Å². The van der Waals surface area contributed by atoms with Gasteiger partial charge in [0.25, 0.3) is 0 Å². The number of carbonyl (C=O) groups excluding carboxylic acids is 1. The molecule has 0 aromatic carbocycles. The zero-order valence-electron chi connectivity index (χ0n) is 14.0. The first-order valence-electron chi connectivity index (χ1n) is 9.07. The molecule has 2 aliphatic rings. The van der Waals surface area contributed by atoms with E-state index >= 15 is 0 Å². The number of hydrogen-bond donors (Lipinski definition) is 0. The van der Waals surface area contributed by atoms with Crippen molar-refractivity contribution in [3.63, 3.8) is 0 Å². The van der Waals surface area contributed by atoms with Crippen LogP contribution in [0.3, 0.4) is 0 Å². The lowest BCUT2D eigenvalue weighted by Crippen LogP contribution is -2.32. The maximum Gasteiger partial charge on any atom is 0.223 e. The number of fused-ring (bicyclic) bond motifs is 1. The van der Waals surface area contributed by atoms with Gasteiger partial charge in [0.05, 0.1) is 12.3 Å². The summed E-state index contributed by atoms with van der Waals surface area (Å²) in [6.45, 7) is 1.81. The Kier molecular flexibility index (Phi) is 4.36. The van der Waals surface area contributed by atoms with Gasteiger partial charge in [-0.1, -0.05) is 6.42 Å². The van der Waals surface area contributed by atoms with Crippen LogP contribution in [0.5, 0.6) is 0 Å². The average molecular weight is 328 g/mol. The summed E-state index contributed by atoms with van der Waals surface area (Å²) in [5.74, 6) is 3.16. The fraction of sp³-hybridized carbons (Fsp3) is 0.611. The van der Waals surface area contributed by atoms with E-state index in [-0.39, 0.29) is 11.9 Å². The van der Waals surface area contributed by atoms with E-state index in [2.05, 4.69) is 14.8 Å². The number of furan rings is 1. The van der Waals surface area contributed by atoms with E-state index < -0.39 is 0 Å². The first-order chi connectivity index (χ1) is 11.8. The highest BCUT2D eigenvalue weighted by Crippen LogP contribution is 2.33. The highest BCUT2D eigenvalue weighted by atomic mass is 16.3.